The van der Waals surface area contributed by atoms with E-state index in [9.17, 15) is 0 Å². The van der Waals surface area contributed by atoms with Gasteiger partial charge in [0.2, 0.25) is 0 Å². The second-order valence-corrected chi connectivity index (χ2v) is 9.97. The molecule has 4 aromatic rings. The van der Waals surface area contributed by atoms with Gasteiger partial charge in [-0.25, -0.2) is 9.97 Å². The van der Waals surface area contributed by atoms with Crippen molar-refractivity contribution < 1.29 is 4.74 Å². The Balaban J connectivity index is 1.20. The molecule has 1 fully saturated rings. The van der Waals surface area contributed by atoms with Crippen molar-refractivity contribution in [3.63, 3.8) is 0 Å². The highest BCUT2D eigenvalue weighted by atomic mass is 32.1. The number of anilines is 1. The molecule has 1 aliphatic rings. The quantitative estimate of drug-likeness (QED) is 0.231. The van der Waals surface area contributed by atoms with E-state index < -0.39 is 0 Å². The van der Waals surface area contributed by atoms with E-state index in [0.29, 0.717) is 17.5 Å². The standard InChI is InChI=1S/C26H27N5OS2/c1-17-7-5-10-19(13-17)23-14-21-24(34-23)25(28-16-27-21)30-31-26(33)29-20-11-6-12-22(20)32-15-18-8-3-2-4-9-18/h2-5,7-10,13-14,16,20,22H,6,11-12,15H2,1H3,(H,27,28,30)(H2,29,31,33)/t20-,22-/m1/s1. The predicted octanol–water partition coefficient (Wildman–Crippen LogP) is 5.60. The monoisotopic (exact) mass is 489 g/mol. The van der Waals surface area contributed by atoms with E-state index in [-0.39, 0.29) is 12.1 Å². The molecule has 1 aliphatic carbocycles. The summed E-state index contributed by atoms with van der Waals surface area (Å²) in [5, 5.41) is 3.94. The first-order valence-corrected chi connectivity index (χ1v) is 12.7. The molecule has 5 rings (SSSR count). The summed E-state index contributed by atoms with van der Waals surface area (Å²) in [7, 11) is 0. The van der Waals surface area contributed by atoms with Crippen molar-refractivity contribution in [1.82, 2.24) is 20.7 Å². The van der Waals surface area contributed by atoms with Gasteiger partial charge in [-0.05, 0) is 55.6 Å². The third kappa shape index (κ3) is 5.35. The summed E-state index contributed by atoms with van der Waals surface area (Å²) in [5.74, 6) is 0.710. The molecule has 0 spiro atoms. The Morgan fingerprint density at radius 3 is 2.82 bits per heavy atom. The van der Waals surface area contributed by atoms with Crippen LogP contribution in [0.3, 0.4) is 0 Å². The number of rotatable bonds is 7. The summed E-state index contributed by atoms with van der Waals surface area (Å²) in [6.07, 6.45) is 4.89. The highest BCUT2D eigenvalue weighted by molar-refractivity contribution is 7.80. The summed E-state index contributed by atoms with van der Waals surface area (Å²) < 4.78 is 7.17. The third-order valence-corrected chi connectivity index (χ3v) is 7.38. The zero-order valence-electron chi connectivity index (χ0n) is 19.0. The smallest absolute Gasteiger partial charge is 0.185 e. The molecule has 2 heterocycles. The lowest BCUT2D eigenvalue weighted by atomic mass is 10.1. The van der Waals surface area contributed by atoms with Gasteiger partial charge in [0, 0.05) is 4.88 Å². The minimum atomic E-state index is 0.139. The van der Waals surface area contributed by atoms with Crippen molar-refractivity contribution in [3.05, 3.63) is 78.1 Å². The molecule has 0 saturated heterocycles. The van der Waals surface area contributed by atoms with Crippen LogP contribution in [0.15, 0.2) is 67.0 Å². The maximum atomic E-state index is 6.19. The van der Waals surface area contributed by atoms with E-state index >= 15 is 0 Å². The van der Waals surface area contributed by atoms with E-state index in [4.69, 9.17) is 17.0 Å². The fourth-order valence-corrected chi connectivity index (χ4v) is 5.53. The SMILES string of the molecule is Cc1cccc(-c2cc3ncnc(NNC(=S)N[C@@H]4CCC[C@H]4OCc4ccccc4)c3s2)c1. The van der Waals surface area contributed by atoms with Crippen LogP contribution in [-0.4, -0.2) is 27.2 Å². The van der Waals surface area contributed by atoms with Gasteiger partial charge in [-0.15, -0.1) is 11.3 Å². The first-order chi connectivity index (χ1) is 16.7. The molecule has 0 amide bonds. The normalized spacial score (nSPS) is 17.6. The van der Waals surface area contributed by atoms with Crippen LogP contribution in [0.5, 0.6) is 0 Å². The molecule has 2 aromatic carbocycles. The number of fused-ring (bicyclic) bond motifs is 1. The zero-order valence-corrected chi connectivity index (χ0v) is 20.6. The molecule has 3 N–H and O–H groups in total. The van der Waals surface area contributed by atoms with Gasteiger partial charge in [0.1, 0.15) is 6.33 Å². The predicted molar refractivity (Wildman–Crippen MR) is 143 cm³/mol. The van der Waals surface area contributed by atoms with E-state index in [1.165, 1.54) is 16.7 Å². The van der Waals surface area contributed by atoms with E-state index in [1.54, 1.807) is 17.7 Å². The Morgan fingerprint density at radius 1 is 1.09 bits per heavy atom. The Bertz CT molecular complexity index is 1280. The fraction of sp³-hybridized carbons (Fsp3) is 0.269. The average Bonchev–Trinajstić information content (AvgIpc) is 3.49. The molecular formula is C26H27N5OS2. The zero-order chi connectivity index (χ0) is 23.3. The van der Waals surface area contributed by atoms with Crippen LogP contribution in [-0.2, 0) is 11.3 Å². The molecule has 0 bridgehead atoms. The number of nitrogens with one attached hydrogen (secondary N) is 3. The van der Waals surface area contributed by atoms with Crippen molar-refractivity contribution >= 4 is 44.7 Å². The maximum Gasteiger partial charge on any atom is 0.185 e. The van der Waals surface area contributed by atoms with Crippen LogP contribution in [0, 0.1) is 6.92 Å². The second-order valence-electron chi connectivity index (χ2n) is 8.51. The van der Waals surface area contributed by atoms with E-state index in [2.05, 4.69) is 75.5 Å². The van der Waals surface area contributed by atoms with Gasteiger partial charge < -0.3 is 10.1 Å². The molecule has 174 valence electrons. The maximum absolute atomic E-state index is 6.19. The summed E-state index contributed by atoms with van der Waals surface area (Å²) in [6, 6.07) is 21.0. The Labute approximate surface area is 208 Å². The second kappa shape index (κ2) is 10.5. The van der Waals surface area contributed by atoms with Crippen molar-refractivity contribution in [1.29, 1.82) is 0 Å². The summed E-state index contributed by atoms with van der Waals surface area (Å²) in [6.45, 7) is 2.71. The molecule has 8 heteroatoms. The number of ether oxygens (including phenoxy) is 1. The highest BCUT2D eigenvalue weighted by Gasteiger charge is 2.28. The fourth-order valence-electron chi connectivity index (χ4n) is 4.27. The topological polar surface area (TPSA) is 71.1 Å². The first-order valence-electron chi connectivity index (χ1n) is 11.5. The molecule has 0 unspecified atom stereocenters. The number of aromatic nitrogens is 2. The van der Waals surface area contributed by atoms with Crippen molar-refractivity contribution in [3.8, 4) is 10.4 Å². The van der Waals surface area contributed by atoms with Crippen LogP contribution in [0.2, 0.25) is 0 Å². The highest BCUT2D eigenvalue weighted by Crippen LogP contribution is 2.35. The van der Waals surface area contributed by atoms with Gasteiger partial charge in [-0.2, -0.15) is 0 Å². The number of benzene rings is 2. The van der Waals surface area contributed by atoms with Gasteiger partial charge in [0.25, 0.3) is 0 Å². The molecule has 6 nitrogen and oxygen atoms in total. The van der Waals surface area contributed by atoms with Crippen molar-refractivity contribution in [2.24, 2.45) is 0 Å². The number of thiophene rings is 1. The third-order valence-electron chi connectivity index (χ3n) is 5.98. The lowest BCUT2D eigenvalue weighted by molar-refractivity contribution is 0.0318. The average molecular weight is 490 g/mol. The molecule has 0 radical (unpaired) electrons. The Kier molecular flexibility index (Phi) is 6.99. The summed E-state index contributed by atoms with van der Waals surface area (Å²) in [4.78, 5) is 10.0. The number of hydrogen-bond donors (Lipinski definition) is 3. The van der Waals surface area contributed by atoms with Gasteiger partial charge in [0.15, 0.2) is 10.9 Å². The first kappa shape index (κ1) is 22.7. The van der Waals surface area contributed by atoms with Crippen LogP contribution in [0.4, 0.5) is 5.82 Å². The number of aryl methyl sites for hydroxylation is 1. The lowest BCUT2D eigenvalue weighted by Gasteiger charge is -2.23. The van der Waals surface area contributed by atoms with Crippen LogP contribution >= 0.6 is 23.6 Å². The molecule has 34 heavy (non-hydrogen) atoms. The molecule has 2 atom stereocenters. The van der Waals surface area contributed by atoms with Crippen molar-refractivity contribution in [2.75, 3.05) is 5.43 Å². The lowest BCUT2D eigenvalue weighted by Crippen LogP contribution is -2.47. The van der Waals surface area contributed by atoms with Gasteiger partial charge in [-0.1, -0.05) is 60.2 Å². The Hall–Kier alpha value is -3.07. The largest absolute Gasteiger partial charge is 0.371 e. The van der Waals surface area contributed by atoms with E-state index in [1.807, 2.05) is 18.2 Å². The number of hydrogen-bond acceptors (Lipinski definition) is 6. The number of nitrogens with zero attached hydrogens (tertiary/aromatic N) is 2. The Morgan fingerprint density at radius 2 is 1.97 bits per heavy atom. The van der Waals surface area contributed by atoms with Gasteiger partial charge in [0.05, 0.1) is 29.0 Å². The van der Waals surface area contributed by atoms with Crippen LogP contribution < -0.4 is 16.2 Å². The number of thiocarbonyl (C=S) groups is 1. The number of hydrazine groups is 1. The van der Waals surface area contributed by atoms with Gasteiger partial charge in [-0.3, -0.25) is 10.9 Å². The van der Waals surface area contributed by atoms with Gasteiger partial charge >= 0.3 is 0 Å². The molecule has 2 aromatic heterocycles. The summed E-state index contributed by atoms with van der Waals surface area (Å²) >= 11 is 7.22. The molecular weight excluding hydrogens is 462 g/mol. The van der Waals surface area contributed by atoms with Crippen LogP contribution in [0.25, 0.3) is 20.7 Å². The summed E-state index contributed by atoms with van der Waals surface area (Å²) in [5.41, 5.74) is 10.8. The van der Waals surface area contributed by atoms with Crippen LogP contribution in [0.1, 0.15) is 30.4 Å². The molecule has 0 aliphatic heterocycles. The van der Waals surface area contributed by atoms with Crippen molar-refractivity contribution in [2.45, 2.75) is 44.9 Å². The minimum absolute atomic E-state index is 0.139. The van der Waals surface area contributed by atoms with E-state index in [0.717, 1.165) is 34.4 Å². The molecule has 1 saturated carbocycles. The minimum Gasteiger partial charge on any atom is -0.371 e.